The van der Waals surface area contributed by atoms with Crippen LogP contribution >= 0.6 is 0 Å². The first-order chi connectivity index (χ1) is 8.29. The van der Waals surface area contributed by atoms with Crippen molar-refractivity contribution in [3.8, 4) is 0 Å². The van der Waals surface area contributed by atoms with Gasteiger partial charge >= 0.3 is 0 Å². The van der Waals surface area contributed by atoms with Crippen LogP contribution in [-0.2, 0) is 6.42 Å². The van der Waals surface area contributed by atoms with E-state index >= 15 is 0 Å². The van der Waals surface area contributed by atoms with E-state index in [1.54, 1.807) is 0 Å². The van der Waals surface area contributed by atoms with Gasteiger partial charge in [-0.15, -0.1) is 0 Å². The van der Waals surface area contributed by atoms with Crippen molar-refractivity contribution in [1.29, 1.82) is 0 Å². The molecule has 2 rings (SSSR count). The summed E-state index contributed by atoms with van der Waals surface area (Å²) in [4.78, 5) is 0. The topological polar surface area (TPSA) is 20.2 Å². The molecule has 1 fully saturated rings. The molecule has 2 atom stereocenters. The normalized spacial score (nSPS) is 25.5. The van der Waals surface area contributed by atoms with Crippen LogP contribution in [0.2, 0.25) is 0 Å². The van der Waals surface area contributed by atoms with E-state index in [1.807, 2.05) is 0 Å². The Morgan fingerprint density at radius 3 is 2.88 bits per heavy atom. The minimum atomic E-state index is -0.0858. The molecule has 0 saturated heterocycles. The Balaban J connectivity index is 2.11. The lowest BCUT2D eigenvalue weighted by Crippen LogP contribution is -2.09. The zero-order chi connectivity index (χ0) is 12.1. The van der Waals surface area contributed by atoms with Crippen LogP contribution in [-0.4, -0.2) is 11.2 Å². The van der Waals surface area contributed by atoms with Crippen molar-refractivity contribution >= 4 is 0 Å². The quantitative estimate of drug-likeness (QED) is 0.780. The smallest absolute Gasteiger partial charge is 0.0546 e. The van der Waals surface area contributed by atoms with Crippen molar-refractivity contribution in [2.45, 2.75) is 63.9 Å². The van der Waals surface area contributed by atoms with Gasteiger partial charge in [0.1, 0.15) is 0 Å². The molecular weight excluding hydrogens is 208 g/mol. The zero-order valence-corrected chi connectivity index (χ0v) is 10.9. The van der Waals surface area contributed by atoms with Crippen LogP contribution in [0, 0.1) is 0 Å². The second kappa shape index (κ2) is 6.20. The van der Waals surface area contributed by atoms with E-state index < -0.39 is 0 Å². The van der Waals surface area contributed by atoms with Crippen LogP contribution in [0.1, 0.15) is 62.5 Å². The third-order valence-corrected chi connectivity index (χ3v) is 3.86. The number of benzene rings is 1. The summed E-state index contributed by atoms with van der Waals surface area (Å²) in [6, 6.07) is 8.99. The van der Waals surface area contributed by atoms with Gasteiger partial charge in [0.2, 0.25) is 0 Å². The van der Waals surface area contributed by atoms with Gasteiger partial charge in [0.25, 0.3) is 0 Å². The fraction of sp³-hybridized carbons (Fsp3) is 0.625. The predicted octanol–water partition coefficient (Wildman–Crippen LogP) is 4.05. The van der Waals surface area contributed by atoms with Crippen molar-refractivity contribution in [2.24, 2.45) is 0 Å². The lowest BCUT2D eigenvalue weighted by atomic mass is 9.89. The van der Waals surface area contributed by atoms with Gasteiger partial charge < -0.3 is 5.11 Å². The van der Waals surface area contributed by atoms with Crippen LogP contribution in [0.5, 0.6) is 0 Å². The molecule has 1 N–H and O–H groups in total. The van der Waals surface area contributed by atoms with Gasteiger partial charge in [0, 0.05) is 0 Å². The van der Waals surface area contributed by atoms with Crippen LogP contribution in [0.25, 0.3) is 0 Å². The average molecular weight is 232 g/mol. The third kappa shape index (κ3) is 3.57. The Hall–Kier alpha value is -0.820. The minimum Gasteiger partial charge on any atom is -0.393 e. The molecule has 0 spiro atoms. The first kappa shape index (κ1) is 12.6. The first-order valence-corrected chi connectivity index (χ1v) is 7.06. The summed E-state index contributed by atoms with van der Waals surface area (Å²) in [6.07, 6.45) is 7.93. The molecule has 17 heavy (non-hydrogen) atoms. The van der Waals surface area contributed by atoms with Gasteiger partial charge in [0.15, 0.2) is 0 Å². The standard InChI is InChI=1S/C16H24O/c1-2-6-13-7-5-9-14(11-13)15-8-3-4-10-16(17)12-15/h5,7,9,11,15-17H,2-4,6,8,10,12H2,1H3. The molecule has 0 heterocycles. The van der Waals surface area contributed by atoms with Gasteiger partial charge in [-0.1, -0.05) is 50.5 Å². The summed E-state index contributed by atoms with van der Waals surface area (Å²) in [5, 5.41) is 9.89. The lowest BCUT2D eigenvalue weighted by Gasteiger charge is -2.17. The lowest BCUT2D eigenvalue weighted by molar-refractivity contribution is 0.152. The number of hydrogen-bond donors (Lipinski definition) is 1. The maximum atomic E-state index is 9.89. The van der Waals surface area contributed by atoms with Gasteiger partial charge in [-0.2, -0.15) is 0 Å². The Morgan fingerprint density at radius 2 is 2.06 bits per heavy atom. The number of aliphatic hydroxyl groups excluding tert-OH is 1. The van der Waals surface area contributed by atoms with Gasteiger partial charge in [-0.25, -0.2) is 0 Å². The van der Waals surface area contributed by atoms with Crippen molar-refractivity contribution < 1.29 is 5.11 Å². The summed E-state index contributed by atoms with van der Waals surface area (Å²) < 4.78 is 0. The molecule has 94 valence electrons. The molecule has 0 aliphatic heterocycles. The van der Waals surface area contributed by atoms with Crippen molar-refractivity contribution in [1.82, 2.24) is 0 Å². The molecule has 1 aliphatic carbocycles. The van der Waals surface area contributed by atoms with Crippen LogP contribution in [0.15, 0.2) is 24.3 Å². The Labute approximate surface area is 105 Å². The van der Waals surface area contributed by atoms with Crippen LogP contribution in [0.3, 0.4) is 0 Å². The largest absolute Gasteiger partial charge is 0.393 e. The van der Waals surface area contributed by atoms with E-state index in [-0.39, 0.29) is 6.10 Å². The molecule has 0 radical (unpaired) electrons. The molecule has 1 saturated carbocycles. The third-order valence-electron chi connectivity index (χ3n) is 3.86. The highest BCUT2D eigenvalue weighted by molar-refractivity contribution is 5.26. The molecule has 1 aromatic rings. The second-order valence-electron chi connectivity index (χ2n) is 5.37. The summed E-state index contributed by atoms with van der Waals surface area (Å²) >= 11 is 0. The Kier molecular flexibility index (Phi) is 4.61. The highest BCUT2D eigenvalue weighted by Gasteiger charge is 2.19. The molecule has 1 aromatic carbocycles. The molecular formula is C16H24O. The average Bonchev–Trinajstić information content (AvgIpc) is 2.55. The summed E-state index contributed by atoms with van der Waals surface area (Å²) in [5.41, 5.74) is 2.89. The van der Waals surface area contributed by atoms with Crippen LogP contribution in [0.4, 0.5) is 0 Å². The Morgan fingerprint density at radius 1 is 1.24 bits per heavy atom. The highest BCUT2D eigenvalue weighted by Crippen LogP contribution is 2.32. The van der Waals surface area contributed by atoms with E-state index in [2.05, 4.69) is 31.2 Å². The molecule has 0 amide bonds. The SMILES string of the molecule is CCCc1cccc(C2CCCCC(O)C2)c1. The van der Waals surface area contributed by atoms with Crippen LogP contribution < -0.4 is 0 Å². The van der Waals surface area contributed by atoms with Gasteiger partial charge in [-0.3, -0.25) is 0 Å². The summed E-state index contributed by atoms with van der Waals surface area (Å²) in [6.45, 7) is 2.22. The fourth-order valence-electron chi connectivity index (χ4n) is 2.93. The summed E-state index contributed by atoms with van der Waals surface area (Å²) in [7, 11) is 0. The molecule has 1 nitrogen and oxygen atoms in total. The number of aryl methyl sites for hydroxylation is 1. The van der Waals surface area contributed by atoms with E-state index in [9.17, 15) is 5.11 Å². The molecule has 1 aliphatic rings. The monoisotopic (exact) mass is 232 g/mol. The van der Waals surface area contributed by atoms with E-state index in [1.165, 1.54) is 43.2 Å². The molecule has 1 heteroatoms. The number of rotatable bonds is 3. The molecule has 0 aromatic heterocycles. The van der Waals surface area contributed by atoms with E-state index in [4.69, 9.17) is 0 Å². The first-order valence-electron chi connectivity index (χ1n) is 7.06. The van der Waals surface area contributed by atoms with E-state index in [0.717, 1.165) is 12.8 Å². The second-order valence-corrected chi connectivity index (χ2v) is 5.37. The van der Waals surface area contributed by atoms with Gasteiger partial charge in [0.05, 0.1) is 6.10 Å². The Bertz CT molecular complexity index is 345. The maximum Gasteiger partial charge on any atom is 0.0546 e. The molecule has 2 unspecified atom stereocenters. The number of aliphatic hydroxyl groups is 1. The highest BCUT2D eigenvalue weighted by atomic mass is 16.3. The zero-order valence-electron chi connectivity index (χ0n) is 10.9. The van der Waals surface area contributed by atoms with Crippen molar-refractivity contribution in [3.05, 3.63) is 35.4 Å². The molecule has 0 bridgehead atoms. The van der Waals surface area contributed by atoms with Gasteiger partial charge in [-0.05, 0) is 42.7 Å². The summed E-state index contributed by atoms with van der Waals surface area (Å²) in [5.74, 6) is 0.573. The minimum absolute atomic E-state index is 0.0858. The van der Waals surface area contributed by atoms with Crippen molar-refractivity contribution in [3.63, 3.8) is 0 Å². The van der Waals surface area contributed by atoms with E-state index in [0.29, 0.717) is 5.92 Å². The number of hydrogen-bond acceptors (Lipinski definition) is 1. The predicted molar refractivity (Wildman–Crippen MR) is 72.3 cm³/mol. The van der Waals surface area contributed by atoms with Crippen molar-refractivity contribution in [2.75, 3.05) is 0 Å². The maximum absolute atomic E-state index is 9.89. The fourth-order valence-corrected chi connectivity index (χ4v) is 2.93.